The van der Waals surface area contributed by atoms with Crippen LogP contribution in [0.15, 0.2) is 17.2 Å². The molecule has 0 saturated heterocycles. The number of aromatic nitrogens is 2. The van der Waals surface area contributed by atoms with E-state index in [0.29, 0.717) is 12.1 Å². The minimum Gasteiger partial charge on any atom is -0.660 e. The van der Waals surface area contributed by atoms with E-state index in [-0.39, 0.29) is 17.5 Å². The summed E-state index contributed by atoms with van der Waals surface area (Å²) in [5.41, 5.74) is 7.69. The molecule has 0 bridgehead atoms. The van der Waals surface area contributed by atoms with E-state index in [0.717, 1.165) is 4.68 Å². The fourth-order valence-electron chi connectivity index (χ4n) is 0.859. The molecule has 13 heavy (non-hydrogen) atoms. The number of hydrogen-bond acceptors (Lipinski definition) is 4. The van der Waals surface area contributed by atoms with Gasteiger partial charge in [0.1, 0.15) is 11.6 Å². The topological polar surface area (TPSA) is 70.8 Å². The summed E-state index contributed by atoms with van der Waals surface area (Å²) < 4.78 is 5.59. The molecule has 0 aliphatic heterocycles. The lowest BCUT2D eigenvalue weighted by Gasteiger charge is -1.91. The van der Waals surface area contributed by atoms with Crippen molar-refractivity contribution in [2.75, 3.05) is 5.75 Å². The molecule has 0 aliphatic carbocycles. The third-order valence-electron chi connectivity index (χ3n) is 1.44. The van der Waals surface area contributed by atoms with Gasteiger partial charge in [0.05, 0.1) is 6.42 Å². The zero-order valence-electron chi connectivity index (χ0n) is 6.86. The lowest BCUT2D eigenvalue weighted by Crippen LogP contribution is -2.48. The Kier molecular flexibility index (Phi) is 3.07. The largest absolute Gasteiger partial charge is 0.660 e. The van der Waals surface area contributed by atoms with Gasteiger partial charge in [-0.2, -0.15) is 12.6 Å². The van der Waals surface area contributed by atoms with E-state index in [4.69, 9.17) is 5.73 Å². The van der Waals surface area contributed by atoms with Gasteiger partial charge in [-0.05, 0) is 0 Å². The van der Waals surface area contributed by atoms with Gasteiger partial charge in [-0.15, -0.1) is 6.58 Å². The number of carbonyl (C=O) groups excluding carboxylic acids is 1. The van der Waals surface area contributed by atoms with Gasteiger partial charge >= 0.3 is 5.91 Å². The third kappa shape index (κ3) is 1.89. The van der Waals surface area contributed by atoms with Crippen LogP contribution < -0.4 is 4.68 Å². The van der Waals surface area contributed by atoms with Crippen molar-refractivity contribution in [2.24, 2.45) is 0 Å². The third-order valence-corrected chi connectivity index (χ3v) is 1.71. The number of rotatable bonds is 3. The van der Waals surface area contributed by atoms with E-state index < -0.39 is 0 Å². The molecule has 0 atom stereocenters. The van der Waals surface area contributed by atoms with Crippen molar-refractivity contribution in [1.82, 2.24) is 5.27 Å². The Hall–Kier alpha value is -1.30. The van der Waals surface area contributed by atoms with Crippen LogP contribution in [0.4, 0.5) is 5.88 Å². The molecule has 6 heteroatoms. The highest BCUT2D eigenvalue weighted by atomic mass is 32.1. The molecule has 0 aliphatic rings. The molecule has 0 radical (unpaired) electrons. The van der Waals surface area contributed by atoms with E-state index in [9.17, 15) is 4.79 Å². The van der Waals surface area contributed by atoms with Crippen LogP contribution in [-0.2, 0) is 6.42 Å². The second-order valence-corrected chi connectivity index (χ2v) is 2.62. The predicted octanol–water partition coefficient (Wildman–Crippen LogP) is 0.944. The van der Waals surface area contributed by atoms with Gasteiger partial charge < -0.3 is 10.3 Å². The number of hydrogen-bond donors (Lipinski definition) is 1. The molecule has 0 unspecified atom stereocenters. The van der Waals surface area contributed by atoms with Crippen molar-refractivity contribution in [1.29, 1.82) is 0 Å². The average molecular weight is 199 g/mol. The number of carbonyl (C=O) groups is 1. The first-order valence-electron chi connectivity index (χ1n) is 3.58. The summed E-state index contributed by atoms with van der Waals surface area (Å²) in [5.74, 6) is -0.404. The smallest absolute Gasteiger partial charge is 0.429 e. The monoisotopic (exact) mass is 199 g/mol. The molecular weight excluding hydrogens is 190 g/mol. The summed E-state index contributed by atoms with van der Waals surface area (Å²) in [5, 5.41) is 3.41. The second kappa shape index (κ2) is 4.08. The Bertz CT molecular complexity index is 334. The molecule has 1 heterocycles. The first kappa shape index (κ1) is 9.79. The second-order valence-electron chi connectivity index (χ2n) is 2.31. The van der Waals surface area contributed by atoms with Gasteiger partial charge in [0.25, 0.3) is 0 Å². The zero-order chi connectivity index (χ0) is 9.84. The van der Waals surface area contributed by atoms with Crippen LogP contribution in [0.3, 0.4) is 0 Å². The molecule has 0 amide bonds. The molecule has 0 saturated carbocycles. The maximum atomic E-state index is 11.2. The SMILES string of the molecule is C=CCc1c([NH-])on[n+]1C(=O)CS. The summed E-state index contributed by atoms with van der Waals surface area (Å²) in [6.45, 7) is 3.51. The van der Waals surface area contributed by atoms with Crippen LogP contribution in [0.5, 0.6) is 0 Å². The fourth-order valence-corrected chi connectivity index (χ4v) is 0.993. The number of allylic oxidation sites excluding steroid dienone is 1. The summed E-state index contributed by atoms with van der Waals surface area (Å²) >= 11 is 3.81. The lowest BCUT2D eigenvalue weighted by atomic mass is 10.3. The normalized spacial score (nSPS) is 9.92. The molecule has 1 aromatic rings. The molecule has 0 aromatic carbocycles. The quantitative estimate of drug-likeness (QED) is 0.447. The van der Waals surface area contributed by atoms with Crippen molar-refractivity contribution < 1.29 is 14.0 Å². The standard InChI is InChI=1S/C7H9N3O2S/c1-2-3-5-7(8)12-9-10(5)6(11)4-13/h2H,1,3-4H2,(H2-,8,9,13). The van der Waals surface area contributed by atoms with Crippen LogP contribution in [0, 0.1) is 0 Å². The first-order chi connectivity index (χ1) is 6.20. The average Bonchev–Trinajstić information content (AvgIpc) is 2.48. The Morgan fingerprint density at radius 3 is 3.08 bits per heavy atom. The highest BCUT2D eigenvalue weighted by molar-refractivity contribution is 7.81. The van der Waals surface area contributed by atoms with Crippen molar-refractivity contribution in [2.45, 2.75) is 6.42 Å². The Labute approximate surface area is 80.6 Å². The Morgan fingerprint density at radius 2 is 2.54 bits per heavy atom. The van der Waals surface area contributed by atoms with Gasteiger partial charge in [-0.25, -0.2) is 4.79 Å². The van der Waals surface area contributed by atoms with E-state index >= 15 is 0 Å². The Morgan fingerprint density at radius 1 is 1.85 bits per heavy atom. The van der Waals surface area contributed by atoms with Gasteiger partial charge in [0.15, 0.2) is 0 Å². The summed E-state index contributed by atoms with van der Waals surface area (Å²) in [6, 6.07) is 0. The molecule has 1 rings (SSSR count). The fraction of sp³-hybridized carbons (Fsp3) is 0.286. The van der Waals surface area contributed by atoms with Crippen molar-refractivity contribution in [3.8, 4) is 0 Å². The van der Waals surface area contributed by atoms with Crippen LogP contribution in [0.1, 0.15) is 10.5 Å². The Balaban J connectivity index is 3.06. The first-order valence-corrected chi connectivity index (χ1v) is 4.21. The van der Waals surface area contributed by atoms with E-state index in [1.165, 1.54) is 0 Å². The maximum Gasteiger partial charge on any atom is 0.429 e. The molecule has 70 valence electrons. The minimum absolute atomic E-state index is 0.0286. The minimum atomic E-state index is -0.317. The van der Waals surface area contributed by atoms with Crippen molar-refractivity contribution in [3.05, 3.63) is 24.1 Å². The van der Waals surface area contributed by atoms with Crippen molar-refractivity contribution >= 4 is 24.4 Å². The molecule has 0 spiro atoms. The number of thiol groups is 1. The zero-order valence-corrected chi connectivity index (χ0v) is 7.75. The van der Waals surface area contributed by atoms with E-state index in [2.05, 4.69) is 29.0 Å². The summed E-state index contributed by atoms with van der Waals surface area (Å²) in [6.07, 6.45) is 1.95. The lowest BCUT2D eigenvalue weighted by molar-refractivity contribution is -0.653. The number of nitrogens with zero attached hydrogens (tertiary/aromatic N) is 2. The van der Waals surface area contributed by atoms with E-state index in [1.54, 1.807) is 6.08 Å². The molecule has 1 N–H and O–H groups in total. The summed E-state index contributed by atoms with van der Waals surface area (Å²) in [4.78, 5) is 11.2. The van der Waals surface area contributed by atoms with Gasteiger partial charge in [0.2, 0.25) is 11.0 Å². The van der Waals surface area contributed by atoms with E-state index in [1.807, 2.05) is 0 Å². The molecule has 0 fully saturated rings. The number of nitrogens with one attached hydrogen (secondary N) is 1. The summed E-state index contributed by atoms with van der Waals surface area (Å²) in [7, 11) is 0. The van der Waals surface area contributed by atoms with Crippen LogP contribution in [0.2, 0.25) is 0 Å². The van der Waals surface area contributed by atoms with Crippen LogP contribution in [-0.4, -0.2) is 16.9 Å². The van der Waals surface area contributed by atoms with Crippen LogP contribution >= 0.6 is 12.6 Å². The molecular formula is C7H9N3O2S. The molecule has 1 aromatic heterocycles. The maximum absolute atomic E-state index is 11.2. The molecule has 5 nitrogen and oxygen atoms in total. The highest BCUT2D eigenvalue weighted by Crippen LogP contribution is 2.12. The predicted molar refractivity (Wildman–Crippen MR) is 49.1 cm³/mol. The van der Waals surface area contributed by atoms with Crippen molar-refractivity contribution in [3.63, 3.8) is 0 Å². The highest BCUT2D eigenvalue weighted by Gasteiger charge is 2.24. The van der Waals surface area contributed by atoms with Crippen LogP contribution in [0.25, 0.3) is 5.73 Å². The van der Waals surface area contributed by atoms with Gasteiger partial charge in [-0.1, -0.05) is 6.08 Å². The van der Waals surface area contributed by atoms with Gasteiger partial charge in [0, 0.05) is 4.68 Å². The van der Waals surface area contributed by atoms with Gasteiger partial charge in [-0.3, -0.25) is 0 Å².